The van der Waals surface area contributed by atoms with Gasteiger partial charge in [0, 0.05) is 0 Å². The first-order chi connectivity index (χ1) is 2.41. The Labute approximate surface area is 63.1 Å². The zero-order chi connectivity index (χ0) is 4.71. The van der Waals surface area contributed by atoms with Crippen molar-refractivity contribution in [3.63, 3.8) is 0 Å². The third kappa shape index (κ3) is 43.9. The fraction of sp³-hybridized carbons (Fsp3) is 0. The Hall–Kier alpha value is 1.69. The minimum absolute atomic E-state index is 0. The average Bonchev–Trinajstić information content (AvgIpc) is 1.46. The van der Waals surface area contributed by atoms with Crippen LogP contribution >= 0.6 is 9.90 Å². The van der Waals surface area contributed by atoms with Crippen molar-refractivity contribution < 1.29 is 8.81 Å². The summed E-state index contributed by atoms with van der Waals surface area (Å²) in [5.41, 5.74) is 0. The fourth-order valence-electron chi connectivity index (χ4n) is 0. The zero-order valence-corrected chi connectivity index (χ0v) is 9.99. The Morgan fingerprint density at radius 2 is 1.33 bits per heavy atom. The van der Waals surface area contributed by atoms with Gasteiger partial charge in [0.2, 0.25) is 0 Å². The van der Waals surface area contributed by atoms with Crippen molar-refractivity contribution in [3.05, 3.63) is 0 Å². The second-order valence-corrected chi connectivity index (χ2v) is 0.479. The van der Waals surface area contributed by atoms with E-state index in [1.807, 2.05) is 0 Å². The van der Waals surface area contributed by atoms with Gasteiger partial charge < -0.3 is 0 Å². The van der Waals surface area contributed by atoms with E-state index < -0.39 is 22.3 Å². The molecule has 0 N–H and O–H groups in total. The van der Waals surface area contributed by atoms with Crippen LogP contribution in [0.2, 0.25) is 0 Å². The van der Waals surface area contributed by atoms with E-state index in [1.165, 1.54) is 0 Å². The van der Waals surface area contributed by atoms with Gasteiger partial charge in [-0.25, -0.2) is 0 Å². The van der Waals surface area contributed by atoms with E-state index in [0.717, 1.165) is 0 Å². The van der Waals surface area contributed by atoms with Gasteiger partial charge in [-0.2, -0.15) is 9.90 Å². The van der Waals surface area contributed by atoms with Crippen LogP contribution in [0.5, 0.6) is 0 Å². The van der Waals surface area contributed by atoms with Crippen LogP contribution in [-0.4, -0.2) is 44.8 Å². The summed E-state index contributed by atoms with van der Waals surface area (Å²) in [5.74, 6) is 0. The van der Waals surface area contributed by atoms with Gasteiger partial charge >= 0.3 is 53.6 Å². The first kappa shape index (κ1) is 15.6. The first-order valence-corrected chi connectivity index (χ1v) is 3.90. The van der Waals surface area contributed by atoms with Gasteiger partial charge in [-0.3, -0.25) is 0 Å². The summed E-state index contributed by atoms with van der Waals surface area (Å²) in [6, 6.07) is 0. The van der Waals surface area contributed by atoms with Crippen LogP contribution < -0.4 is 0 Å². The molecule has 0 bridgehead atoms. The fourth-order valence-corrected chi connectivity index (χ4v) is 0. The van der Waals surface area contributed by atoms with Crippen LogP contribution in [0.3, 0.4) is 0 Å². The van der Waals surface area contributed by atoms with Crippen LogP contribution in [0.1, 0.15) is 0 Å². The predicted molar refractivity (Wildman–Crippen MR) is 25.5 cm³/mol. The Morgan fingerprint density at radius 1 is 1.33 bits per heavy atom. The molecule has 0 saturated heterocycles. The molecule has 6 heteroatoms. The molecule has 36 valence electrons. The molecule has 0 aromatic rings. The van der Waals surface area contributed by atoms with Crippen molar-refractivity contribution in [2.45, 2.75) is 0 Å². The molecule has 6 heavy (non-hydrogen) atoms. The standard InChI is InChI=1S/2FH.O.H3P.2Sn/h2*1H;;1H3;;/q;;;;;+2/p-2. The van der Waals surface area contributed by atoms with Gasteiger partial charge in [0.1, 0.15) is 0 Å². The molecule has 1 atom stereocenters. The number of halogens is 2. The summed E-state index contributed by atoms with van der Waals surface area (Å²) in [4.78, 5) is 0. The van der Waals surface area contributed by atoms with E-state index in [0.29, 0.717) is 22.5 Å². The number of hydrogen-bond donors (Lipinski definition) is 0. The molecule has 1 nitrogen and oxygen atoms in total. The normalized spacial score (nSPS) is 3.67. The van der Waals surface area contributed by atoms with Crippen molar-refractivity contribution in [2.24, 2.45) is 0 Å². The van der Waals surface area contributed by atoms with Gasteiger partial charge in [0.15, 0.2) is 0 Å². The Bertz CT molecular complexity index is 15.5. The summed E-state index contributed by atoms with van der Waals surface area (Å²) >= 11 is -2.47. The molecular formula is H3F2OPSn2. The SMILES string of the molecule is P.[F][Sn][F].[O]=[Sn]. The van der Waals surface area contributed by atoms with Gasteiger partial charge in [0.25, 0.3) is 0 Å². The van der Waals surface area contributed by atoms with Crippen LogP contribution in [0.4, 0.5) is 5.73 Å². The van der Waals surface area contributed by atoms with E-state index in [2.05, 4.69) is 0 Å². The van der Waals surface area contributed by atoms with Crippen LogP contribution in [0, 0.1) is 0 Å². The molecule has 0 aromatic carbocycles. The Morgan fingerprint density at radius 3 is 1.33 bits per heavy atom. The number of rotatable bonds is 0. The van der Waals surface area contributed by atoms with Gasteiger partial charge in [0.05, 0.1) is 0 Å². The molecule has 4 radical (unpaired) electrons. The average molecular weight is 325 g/mol. The van der Waals surface area contributed by atoms with E-state index in [9.17, 15) is 5.73 Å². The zero-order valence-electron chi connectivity index (χ0n) is 2.87. The molecule has 0 amide bonds. The van der Waals surface area contributed by atoms with Crippen LogP contribution in [0.15, 0.2) is 0 Å². The van der Waals surface area contributed by atoms with Crippen LogP contribution in [-0.2, 0) is 3.08 Å². The predicted octanol–water partition coefficient (Wildman–Crippen LogP) is 0.0181. The van der Waals surface area contributed by atoms with E-state index >= 15 is 0 Å². The molecule has 0 aliphatic rings. The molecule has 0 heterocycles. The summed E-state index contributed by atoms with van der Waals surface area (Å²) in [7, 11) is 0. The van der Waals surface area contributed by atoms with Crippen molar-refractivity contribution in [1.82, 2.24) is 0 Å². The summed E-state index contributed by atoms with van der Waals surface area (Å²) in [6.07, 6.45) is 0. The first-order valence-electron chi connectivity index (χ1n) is 0.582. The topological polar surface area (TPSA) is 17.1 Å². The second-order valence-electron chi connectivity index (χ2n) is 0.0714. The van der Waals surface area contributed by atoms with E-state index in [4.69, 9.17) is 3.08 Å². The third-order valence-electron chi connectivity index (χ3n) is 0. The van der Waals surface area contributed by atoms with Gasteiger partial charge in [-0.15, -0.1) is 0 Å². The van der Waals surface area contributed by atoms with Crippen LogP contribution in [0.25, 0.3) is 0 Å². The summed E-state index contributed by atoms with van der Waals surface area (Å²) < 4.78 is 27.9. The Kier molecular flexibility index (Phi) is 78.1. The second kappa shape index (κ2) is 30.0. The molecule has 0 aromatic heterocycles. The van der Waals surface area contributed by atoms with Crippen molar-refractivity contribution in [1.29, 1.82) is 0 Å². The maximum absolute atomic E-state index is 9.80. The van der Waals surface area contributed by atoms with Crippen molar-refractivity contribution in [2.75, 3.05) is 0 Å². The monoisotopic (exact) mass is 328 g/mol. The minimum atomic E-state index is -2.77. The van der Waals surface area contributed by atoms with Gasteiger partial charge in [-0.1, -0.05) is 0 Å². The molecule has 0 fully saturated rings. The third-order valence-corrected chi connectivity index (χ3v) is 0. The Balaban J connectivity index is -0.0000000275. The van der Waals surface area contributed by atoms with E-state index in [-0.39, 0.29) is 9.90 Å². The summed E-state index contributed by atoms with van der Waals surface area (Å²) in [6.45, 7) is 0. The molecule has 0 spiro atoms. The quantitative estimate of drug-likeness (QED) is 0.453. The van der Waals surface area contributed by atoms with Crippen molar-refractivity contribution >= 4 is 54.7 Å². The maximum atomic E-state index is 9.80. The van der Waals surface area contributed by atoms with Gasteiger partial charge in [-0.05, 0) is 0 Å². The molecule has 1 unspecified atom stereocenters. The van der Waals surface area contributed by atoms with Crippen molar-refractivity contribution in [3.8, 4) is 0 Å². The number of hydrogen-bond acceptors (Lipinski definition) is 1. The molecule has 0 saturated carbocycles. The molecule has 0 rings (SSSR count). The molecule has 0 aliphatic carbocycles. The molecular weight excluding hydrogens is 322 g/mol. The summed E-state index contributed by atoms with van der Waals surface area (Å²) in [5, 5.41) is 0. The van der Waals surface area contributed by atoms with E-state index in [1.54, 1.807) is 0 Å². The molecule has 0 aliphatic heterocycles.